The van der Waals surface area contributed by atoms with Crippen molar-refractivity contribution in [3.63, 3.8) is 0 Å². The monoisotopic (exact) mass is 460 g/mol. The molecule has 1 aromatic rings. The Bertz CT molecular complexity index is 421. The summed E-state index contributed by atoms with van der Waals surface area (Å²) in [7, 11) is 0. The zero-order chi connectivity index (χ0) is 18.5. The third-order valence-corrected chi connectivity index (χ3v) is 5.11. The molecule has 0 aliphatic rings. The van der Waals surface area contributed by atoms with Crippen molar-refractivity contribution in [3.8, 4) is 0 Å². The topological polar surface area (TPSA) is 18.5 Å². The van der Waals surface area contributed by atoms with E-state index in [1.165, 1.54) is 31.2 Å². The number of halogens is 1. The van der Waals surface area contributed by atoms with Crippen molar-refractivity contribution < 1.29 is 9.47 Å². The summed E-state index contributed by atoms with van der Waals surface area (Å²) >= 11 is 2.54. The van der Waals surface area contributed by atoms with Crippen LogP contribution in [0.25, 0.3) is 0 Å². The molecule has 0 N–H and O–H groups in total. The van der Waals surface area contributed by atoms with Crippen LogP contribution in [0.4, 0.5) is 0 Å². The Morgan fingerprint density at radius 3 is 2.16 bits per heavy atom. The summed E-state index contributed by atoms with van der Waals surface area (Å²) in [6.45, 7) is 11.3. The highest BCUT2D eigenvalue weighted by Gasteiger charge is 2.13. The van der Waals surface area contributed by atoms with E-state index in [4.69, 9.17) is 9.47 Å². The lowest BCUT2D eigenvalue weighted by atomic mass is 9.86. The molecule has 0 bridgehead atoms. The number of hydrogen-bond acceptors (Lipinski definition) is 2. The van der Waals surface area contributed by atoms with Crippen LogP contribution in [0.2, 0.25) is 0 Å². The Balaban J connectivity index is 1.98. The third kappa shape index (κ3) is 12.8. The van der Waals surface area contributed by atoms with Crippen LogP contribution >= 0.6 is 22.6 Å². The summed E-state index contributed by atoms with van der Waals surface area (Å²) in [5.74, 6) is 2.46. The Hall–Kier alpha value is -0.130. The fourth-order valence-corrected chi connectivity index (χ4v) is 4.49. The molecule has 0 radical (unpaired) electrons. The first-order valence-electron chi connectivity index (χ1n) is 9.80. The molecule has 0 heterocycles. The second-order valence-corrected chi connectivity index (χ2v) is 9.93. The predicted molar refractivity (Wildman–Crippen MR) is 116 cm³/mol. The molecule has 0 aromatic heterocycles. The lowest BCUT2D eigenvalue weighted by molar-refractivity contribution is -0.0628. The summed E-state index contributed by atoms with van der Waals surface area (Å²) in [6.07, 6.45) is 6.42. The fraction of sp³-hybridized carbons (Fsp3) is 0.727. The van der Waals surface area contributed by atoms with Gasteiger partial charge in [-0.25, -0.2) is 0 Å². The van der Waals surface area contributed by atoms with Crippen LogP contribution in [0.1, 0.15) is 65.4 Å². The molecule has 4 unspecified atom stereocenters. The maximum absolute atomic E-state index is 5.60. The molecule has 0 saturated heterocycles. The smallest absolute Gasteiger partial charge is 0.147 e. The number of rotatable bonds is 14. The molecule has 25 heavy (non-hydrogen) atoms. The van der Waals surface area contributed by atoms with Gasteiger partial charge < -0.3 is 9.47 Å². The first kappa shape index (κ1) is 22.9. The summed E-state index contributed by atoms with van der Waals surface area (Å²) in [5, 5.41) is 0. The average molecular weight is 460 g/mol. The normalized spacial score (nSPS) is 16.4. The van der Waals surface area contributed by atoms with Crippen LogP contribution in [0.3, 0.4) is 0 Å². The Kier molecular flexibility index (Phi) is 12.8. The summed E-state index contributed by atoms with van der Waals surface area (Å²) in [6, 6.07) is 10.2. The molecule has 0 saturated carbocycles. The maximum atomic E-state index is 5.60. The molecule has 144 valence electrons. The van der Waals surface area contributed by atoms with Gasteiger partial charge in [0, 0.05) is 10.5 Å². The molecule has 3 heteroatoms. The Morgan fingerprint density at radius 2 is 1.48 bits per heavy atom. The second-order valence-electron chi connectivity index (χ2n) is 7.81. The van der Waals surface area contributed by atoms with Gasteiger partial charge in [0.2, 0.25) is 0 Å². The standard InChI is InChI=1S/C22H37IO2/c1-18(13-19(2)14-20(3)15-21(4)23)9-8-12-24-17-25-16-22-10-6-5-7-11-22/h5-7,10-11,18-21H,8-9,12-17H2,1-4H3. The molecule has 2 nitrogen and oxygen atoms in total. The van der Waals surface area contributed by atoms with Crippen molar-refractivity contribution in [2.24, 2.45) is 17.8 Å². The van der Waals surface area contributed by atoms with E-state index in [1.807, 2.05) is 18.2 Å². The fourth-order valence-electron chi connectivity index (χ4n) is 3.62. The van der Waals surface area contributed by atoms with Gasteiger partial charge >= 0.3 is 0 Å². The van der Waals surface area contributed by atoms with Crippen LogP contribution in [0, 0.1) is 17.8 Å². The number of alkyl halides is 1. The molecule has 1 aromatic carbocycles. The largest absolute Gasteiger partial charge is 0.355 e. The van der Waals surface area contributed by atoms with E-state index < -0.39 is 0 Å². The molecular weight excluding hydrogens is 423 g/mol. The molecular formula is C22H37IO2. The van der Waals surface area contributed by atoms with Gasteiger partial charge in [0.25, 0.3) is 0 Å². The number of hydrogen-bond donors (Lipinski definition) is 0. The average Bonchev–Trinajstić information content (AvgIpc) is 2.53. The minimum absolute atomic E-state index is 0.395. The van der Waals surface area contributed by atoms with Crippen molar-refractivity contribution in [1.82, 2.24) is 0 Å². The van der Waals surface area contributed by atoms with E-state index in [0.29, 0.717) is 13.4 Å². The highest BCUT2D eigenvalue weighted by molar-refractivity contribution is 14.1. The van der Waals surface area contributed by atoms with Crippen molar-refractivity contribution in [2.45, 2.75) is 70.3 Å². The zero-order valence-electron chi connectivity index (χ0n) is 16.5. The Morgan fingerprint density at radius 1 is 0.840 bits per heavy atom. The Labute approximate surface area is 169 Å². The molecule has 1 rings (SSSR count). The van der Waals surface area contributed by atoms with Gasteiger partial charge in [-0.1, -0.05) is 80.6 Å². The van der Waals surface area contributed by atoms with Crippen LogP contribution < -0.4 is 0 Å². The van der Waals surface area contributed by atoms with Gasteiger partial charge in [-0.05, 0) is 55.4 Å². The summed E-state index contributed by atoms with van der Waals surface area (Å²) < 4.78 is 11.9. The lowest BCUT2D eigenvalue weighted by Gasteiger charge is -2.21. The third-order valence-electron chi connectivity index (χ3n) is 4.60. The number of ether oxygens (including phenoxy) is 2. The van der Waals surface area contributed by atoms with E-state index in [0.717, 1.165) is 34.7 Å². The quantitative estimate of drug-likeness (QED) is 0.131. The maximum Gasteiger partial charge on any atom is 0.147 e. The van der Waals surface area contributed by atoms with Crippen LogP contribution in [0.15, 0.2) is 30.3 Å². The van der Waals surface area contributed by atoms with Gasteiger partial charge in [-0.15, -0.1) is 0 Å². The van der Waals surface area contributed by atoms with E-state index in [2.05, 4.69) is 62.4 Å². The van der Waals surface area contributed by atoms with Gasteiger partial charge in [-0.3, -0.25) is 0 Å². The molecule has 0 amide bonds. The van der Waals surface area contributed by atoms with Crippen LogP contribution in [0.5, 0.6) is 0 Å². The van der Waals surface area contributed by atoms with E-state index >= 15 is 0 Å². The minimum atomic E-state index is 0.395. The first-order valence-corrected chi connectivity index (χ1v) is 11.0. The van der Waals surface area contributed by atoms with Crippen molar-refractivity contribution >= 4 is 22.6 Å². The molecule has 4 atom stereocenters. The zero-order valence-corrected chi connectivity index (χ0v) is 18.7. The highest BCUT2D eigenvalue weighted by Crippen LogP contribution is 2.25. The SMILES string of the molecule is CC(I)CC(C)CC(C)CC(C)CCCOCOCc1ccccc1. The number of benzene rings is 1. The van der Waals surface area contributed by atoms with Crippen LogP contribution in [-0.4, -0.2) is 17.3 Å². The molecule has 0 spiro atoms. The summed E-state index contributed by atoms with van der Waals surface area (Å²) in [5.41, 5.74) is 1.19. The van der Waals surface area contributed by atoms with Gasteiger partial charge in [0.05, 0.1) is 6.61 Å². The van der Waals surface area contributed by atoms with Crippen molar-refractivity contribution in [3.05, 3.63) is 35.9 Å². The van der Waals surface area contributed by atoms with E-state index in [-0.39, 0.29) is 0 Å². The van der Waals surface area contributed by atoms with Gasteiger partial charge in [0.15, 0.2) is 0 Å². The molecule has 0 fully saturated rings. The second kappa shape index (κ2) is 14.0. The van der Waals surface area contributed by atoms with Gasteiger partial charge in [0.1, 0.15) is 6.79 Å². The summed E-state index contributed by atoms with van der Waals surface area (Å²) in [4.78, 5) is 0. The molecule has 0 aliphatic carbocycles. The van der Waals surface area contributed by atoms with E-state index in [1.54, 1.807) is 0 Å². The minimum Gasteiger partial charge on any atom is -0.355 e. The molecule has 0 aliphatic heterocycles. The van der Waals surface area contributed by atoms with Crippen molar-refractivity contribution in [2.75, 3.05) is 13.4 Å². The lowest BCUT2D eigenvalue weighted by Crippen LogP contribution is -2.11. The van der Waals surface area contributed by atoms with Crippen molar-refractivity contribution in [1.29, 1.82) is 0 Å². The first-order chi connectivity index (χ1) is 12.0. The van der Waals surface area contributed by atoms with E-state index in [9.17, 15) is 0 Å². The predicted octanol–water partition coefficient (Wildman–Crippen LogP) is 6.86. The van der Waals surface area contributed by atoms with Gasteiger partial charge in [-0.2, -0.15) is 0 Å². The highest BCUT2D eigenvalue weighted by atomic mass is 127. The van der Waals surface area contributed by atoms with Crippen LogP contribution in [-0.2, 0) is 16.1 Å².